The van der Waals surface area contributed by atoms with Crippen molar-refractivity contribution in [2.24, 2.45) is 0 Å². The van der Waals surface area contributed by atoms with Crippen LogP contribution in [0.1, 0.15) is 0 Å². The van der Waals surface area contributed by atoms with Crippen molar-refractivity contribution in [3.05, 3.63) is 158 Å². The van der Waals surface area contributed by atoms with Crippen molar-refractivity contribution >= 4 is 21.8 Å². The second-order valence-electron chi connectivity index (χ2n) is 10.3. The van der Waals surface area contributed by atoms with Gasteiger partial charge in [0.15, 0.2) is 0 Å². The Bertz CT molecular complexity index is 2200. The number of rotatable bonds is 6. The molecule has 0 aliphatic rings. The Morgan fingerprint density at radius 2 is 1.36 bits per heavy atom. The van der Waals surface area contributed by atoms with E-state index < -0.39 is 0 Å². The number of pyridine rings is 1. The number of hydrogen-bond acceptors (Lipinski definition) is 3. The molecule has 5 aromatic carbocycles. The summed E-state index contributed by atoms with van der Waals surface area (Å²) >= 11 is 0. The van der Waals surface area contributed by atoms with Crippen molar-refractivity contribution in [3.63, 3.8) is 0 Å². The van der Waals surface area contributed by atoms with Gasteiger partial charge in [0.1, 0.15) is 11.6 Å². The molecule has 5 nitrogen and oxygen atoms in total. The van der Waals surface area contributed by atoms with Crippen LogP contribution in [0.4, 0.5) is 0 Å². The van der Waals surface area contributed by atoms with Gasteiger partial charge in [0, 0.05) is 55.7 Å². The summed E-state index contributed by atoms with van der Waals surface area (Å²) in [7, 11) is 0. The molecule has 0 bridgehead atoms. The number of hydrogen-bond donors (Lipinski definition) is 0. The van der Waals surface area contributed by atoms with E-state index in [0.717, 1.165) is 44.4 Å². The average Bonchev–Trinajstić information content (AvgIpc) is 3.69. The van der Waals surface area contributed by atoms with Gasteiger partial charge in [-0.1, -0.05) is 90.4 Å². The van der Waals surface area contributed by atoms with Gasteiger partial charge in [-0.3, -0.25) is 0 Å². The maximum absolute atomic E-state index is 6.35. The molecule has 8 aromatic rings. The molecule has 6 heteroatoms. The van der Waals surface area contributed by atoms with Gasteiger partial charge < -0.3 is 9.30 Å². The van der Waals surface area contributed by atoms with Crippen molar-refractivity contribution in [2.75, 3.05) is 0 Å². The van der Waals surface area contributed by atoms with Gasteiger partial charge in [-0.25, -0.2) is 9.67 Å². The molecular weight excluding hydrogens is 635 g/mol. The van der Waals surface area contributed by atoms with Crippen molar-refractivity contribution in [2.45, 2.75) is 0 Å². The van der Waals surface area contributed by atoms with Crippen LogP contribution in [0.2, 0.25) is 0 Å². The first-order chi connectivity index (χ1) is 21.3. The van der Waals surface area contributed by atoms with Crippen LogP contribution in [0, 0.1) is 6.07 Å². The third-order valence-corrected chi connectivity index (χ3v) is 7.65. The van der Waals surface area contributed by atoms with E-state index >= 15 is 0 Å². The van der Waals surface area contributed by atoms with E-state index in [-0.39, 0.29) is 20.4 Å². The standard InChI is InChI=1S/C38H25N4O.Pd/c1-2-9-27(10-3-1)28-16-18-29(19-17-28)30-25-40-41(26-30)31-11-8-12-32(23-31)43-33-20-21-35-34-13-4-5-14-36(34)42(37(35)24-33)38-15-6-7-22-39-38;/h1-23,25-26H;/q-1;. The molecule has 0 amide bonds. The number of nitrogens with zero attached hydrogens (tertiary/aromatic N) is 4. The number of ether oxygens (including phenoxy) is 1. The van der Waals surface area contributed by atoms with E-state index in [1.165, 1.54) is 11.1 Å². The summed E-state index contributed by atoms with van der Waals surface area (Å²) < 4.78 is 10.4. The Kier molecular flexibility index (Phi) is 7.37. The van der Waals surface area contributed by atoms with Gasteiger partial charge in [-0.2, -0.15) is 11.2 Å². The van der Waals surface area contributed by atoms with Gasteiger partial charge in [-0.15, -0.1) is 17.5 Å². The summed E-state index contributed by atoms with van der Waals surface area (Å²) in [6.45, 7) is 0. The van der Waals surface area contributed by atoms with Crippen molar-refractivity contribution < 1.29 is 25.2 Å². The van der Waals surface area contributed by atoms with Crippen LogP contribution in [0.5, 0.6) is 11.5 Å². The molecule has 0 saturated heterocycles. The fraction of sp³-hybridized carbons (Fsp3) is 0. The monoisotopic (exact) mass is 659 g/mol. The van der Waals surface area contributed by atoms with Crippen LogP contribution in [-0.4, -0.2) is 19.3 Å². The van der Waals surface area contributed by atoms with Gasteiger partial charge >= 0.3 is 0 Å². The first-order valence-corrected chi connectivity index (χ1v) is 14.2. The van der Waals surface area contributed by atoms with Gasteiger partial charge in [0.25, 0.3) is 0 Å². The second-order valence-corrected chi connectivity index (χ2v) is 10.3. The molecular formula is C38H25N4OPd-. The van der Waals surface area contributed by atoms with Crippen LogP contribution in [0.25, 0.3) is 55.6 Å². The smallest absolute Gasteiger partial charge is 0.135 e. The first kappa shape index (κ1) is 27.5. The Morgan fingerprint density at radius 3 is 2.18 bits per heavy atom. The molecule has 3 aromatic heterocycles. The second kappa shape index (κ2) is 11.8. The molecule has 214 valence electrons. The van der Waals surface area contributed by atoms with Crippen LogP contribution in [-0.2, 0) is 20.4 Å². The number of fused-ring (bicyclic) bond motifs is 3. The van der Waals surface area contributed by atoms with Crippen molar-refractivity contribution in [3.8, 4) is 45.3 Å². The van der Waals surface area contributed by atoms with Gasteiger partial charge in [0.2, 0.25) is 0 Å². The quantitative estimate of drug-likeness (QED) is 0.132. The minimum atomic E-state index is 0. The molecule has 0 radical (unpaired) electrons. The summed E-state index contributed by atoms with van der Waals surface area (Å²) in [6.07, 6.45) is 5.74. The minimum Gasteiger partial charge on any atom is -0.483 e. The summed E-state index contributed by atoms with van der Waals surface area (Å²) in [6, 6.07) is 48.7. The van der Waals surface area contributed by atoms with E-state index in [1.807, 2.05) is 83.9 Å². The first-order valence-electron chi connectivity index (χ1n) is 14.2. The molecule has 0 spiro atoms. The fourth-order valence-corrected chi connectivity index (χ4v) is 5.57. The Morgan fingerprint density at radius 1 is 0.614 bits per heavy atom. The third-order valence-electron chi connectivity index (χ3n) is 7.65. The molecule has 0 aliphatic carbocycles. The zero-order chi connectivity index (χ0) is 28.6. The Labute approximate surface area is 268 Å². The molecule has 0 unspecified atom stereocenters. The zero-order valence-corrected chi connectivity index (χ0v) is 25.0. The topological polar surface area (TPSA) is 44.9 Å². The fourth-order valence-electron chi connectivity index (χ4n) is 5.57. The predicted octanol–water partition coefficient (Wildman–Crippen LogP) is 9.29. The molecule has 3 heterocycles. The molecule has 0 N–H and O–H groups in total. The SMILES string of the molecule is [Pd].[c-]1c(Oc2cccc(-n3cc(-c4ccc(-c5ccccc5)cc4)cn3)c2)ccc2c3ccccc3n(-c3ccccn3)c12. The third kappa shape index (κ3) is 5.11. The Balaban J connectivity index is 0.00000312. The Hall–Kier alpha value is -5.28. The summed E-state index contributed by atoms with van der Waals surface area (Å²) in [5.41, 5.74) is 7.47. The summed E-state index contributed by atoms with van der Waals surface area (Å²) in [5, 5.41) is 6.90. The molecule has 0 atom stereocenters. The zero-order valence-electron chi connectivity index (χ0n) is 23.4. The molecule has 8 rings (SSSR count). The largest absolute Gasteiger partial charge is 0.483 e. The van der Waals surface area contributed by atoms with Crippen LogP contribution in [0.15, 0.2) is 152 Å². The van der Waals surface area contributed by atoms with E-state index in [4.69, 9.17) is 4.74 Å². The maximum Gasteiger partial charge on any atom is 0.135 e. The van der Waals surface area contributed by atoms with Crippen LogP contribution >= 0.6 is 0 Å². The summed E-state index contributed by atoms with van der Waals surface area (Å²) in [4.78, 5) is 4.61. The van der Waals surface area contributed by atoms with E-state index in [9.17, 15) is 0 Å². The maximum atomic E-state index is 6.35. The number of aromatic nitrogens is 4. The molecule has 0 fully saturated rings. The van der Waals surface area contributed by atoms with E-state index in [1.54, 1.807) is 0 Å². The average molecular weight is 660 g/mol. The van der Waals surface area contributed by atoms with Gasteiger partial charge in [0.05, 0.1) is 11.9 Å². The van der Waals surface area contributed by atoms with Crippen molar-refractivity contribution in [1.82, 2.24) is 19.3 Å². The molecule has 44 heavy (non-hydrogen) atoms. The molecule has 0 saturated carbocycles. The van der Waals surface area contributed by atoms with Crippen LogP contribution in [0.3, 0.4) is 0 Å². The summed E-state index contributed by atoms with van der Waals surface area (Å²) in [5.74, 6) is 2.18. The van der Waals surface area contributed by atoms with Crippen LogP contribution < -0.4 is 4.74 Å². The van der Waals surface area contributed by atoms with E-state index in [2.05, 4.69) is 93.5 Å². The van der Waals surface area contributed by atoms with Gasteiger partial charge in [-0.05, 0) is 52.4 Å². The number of benzene rings is 5. The minimum absolute atomic E-state index is 0. The van der Waals surface area contributed by atoms with Crippen molar-refractivity contribution in [1.29, 1.82) is 0 Å². The van der Waals surface area contributed by atoms with E-state index in [0.29, 0.717) is 11.5 Å². The normalized spacial score (nSPS) is 11.0. The predicted molar refractivity (Wildman–Crippen MR) is 172 cm³/mol. The molecule has 0 aliphatic heterocycles. The number of para-hydroxylation sites is 1.